The molecule has 0 spiro atoms. The van der Waals surface area contributed by atoms with Crippen LogP contribution >= 0.6 is 0 Å². The van der Waals surface area contributed by atoms with Crippen molar-refractivity contribution in [1.82, 2.24) is 4.90 Å². The zero-order valence-electron chi connectivity index (χ0n) is 9.10. The molecule has 1 amide bonds. The molecule has 15 heavy (non-hydrogen) atoms. The minimum absolute atomic E-state index is 0.0202. The van der Waals surface area contributed by atoms with Crippen molar-refractivity contribution in [2.24, 2.45) is 5.92 Å². The number of rotatable bonds is 4. The number of hydrogen-bond acceptors (Lipinski definition) is 3. The Hall–Kier alpha value is -1.10. The van der Waals surface area contributed by atoms with Crippen molar-refractivity contribution in [3.63, 3.8) is 0 Å². The predicted octanol–water partition coefficient (Wildman–Crippen LogP) is 0.344. The van der Waals surface area contributed by atoms with Gasteiger partial charge in [0.1, 0.15) is 6.61 Å². The fraction of sp³-hybridized carbons (Fsp3) is 0.800. The first-order valence-electron chi connectivity index (χ1n) is 5.13. The molecule has 0 aromatic heterocycles. The Morgan fingerprint density at radius 3 is 2.67 bits per heavy atom. The van der Waals surface area contributed by atoms with Crippen molar-refractivity contribution < 1.29 is 19.4 Å². The number of carbonyl (C=O) groups is 2. The normalized spacial score (nSPS) is 21.0. The maximum atomic E-state index is 11.5. The SMILES string of the molecule is CC(C)OCC(=O)N1CCC(C(=O)O)C1. The summed E-state index contributed by atoms with van der Waals surface area (Å²) in [5.41, 5.74) is 0. The van der Waals surface area contributed by atoms with E-state index in [0.29, 0.717) is 19.5 Å². The number of carbonyl (C=O) groups excluding carboxylic acids is 1. The number of likely N-dealkylation sites (tertiary alicyclic amines) is 1. The fourth-order valence-electron chi connectivity index (χ4n) is 1.52. The van der Waals surface area contributed by atoms with Crippen molar-refractivity contribution in [2.45, 2.75) is 26.4 Å². The average Bonchev–Trinajstić information content (AvgIpc) is 2.62. The molecule has 0 saturated carbocycles. The second kappa shape index (κ2) is 5.11. The lowest BCUT2D eigenvalue weighted by Crippen LogP contribution is -2.33. The largest absolute Gasteiger partial charge is 0.481 e. The van der Waals surface area contributed by atoms with Gasteiger partial charge < -0.3 is 14.7 Å². The van der Waals surface area contributed by atoms with Crippen molar-refractivity contribution in [1.29, 1.82) is 0 Å². The first kappa shape index (κ1) is 12.0. The van der Waals surface area contributed by atoms with Gasteiger partial charge in [0.25, 0.3) is 0 Å². The van der Waals surface area contributed by atoms with Crippen LogP contribution in [0.3, 0.4) is 0 Å². The van der Waals surface area contributed by atoms with Crippen LogP contribution in [0.1, 0.15) is 20.3 Å². The lowest BCUT2D eigenvalue weighted by atomic mass is 10.1. The monoisotopic (exact) mass is 215 g/mol. The van der Waals surface area contributed by atoms with Gasteiger partial charge >= 0.3 is 5.97 Å². The van der Waals surface area contributed by atoms with Crippen LogP contribution in [-0.2, 0) is 14.3 Å². The molecule has 1 fully saturated rings. The highest BCUT2D eigenvalue weighted by Gasteiger charge is 2.30. The van der Waals surface area contributed by atoms with Crippen LogP contribution in [0.2, 0.25) is 0 Å². The Morgan fingerprint density at radius 2 is 2.20 bits per heavy atom. The van der Waals surface area contributed by atoms with Gasteiger partial charge in [-0.2, -0.15) is 0 Å². The third-order valence-electron chi connectivity index (χ3n) is 2.43. The van der Waals surface area contributed by atoms with Crippen LogP contribution in [0, 0.1) is 5.92 Å². The summed E-state index contributed by atoms with van der Waals surface area (Å²) in [5.74, 6) is -1.35. The summed E-state index contributed by atoms with van der Waals surface area (Å²) in [6, 6.07) is 0. The summed E-state index contributed by atoms with van der Waals surface area (Å²) in [5, 5.41) is 8.76. The summed E-state index contributed by atoms with van der Waals surface area (Å²) in [4.78, 5) is 23.7. The predicted molar refractivity (Wildman–Crippen MR) is 53.4 cm³/mol. The standard InChI is InChI=1S/C10H17NO4/c1-7(2)15-6-9(12)11-4-3-8(5-11)10(13)14/h7-8H,3-6H2,1-2H3,(H,13,14). The molecule has 86 valence electrons. The van der Waals surface area contributed by atoms with E-state index in [-0.39, 0.29) is 18.6 Å². The van der Waals surface area contributed by atoms with Gasteiger partial charge in [-0.05, 0) is 20.3 Å². The van der Waals surface area contributed by atoms with Crippen LogP contribution in [0.25, 0.3) is 0 Å². The van der Waals surface area contributed by atoms with Crippen LogP contribution in [0.5, 0.6) is 0 Å². The molecule has 1 aliphatic rings. The van der Waals surface area contributed by atoms with Gasteiger partial charge in [-0.25, -0.2) is 0 Å². The zero-order chi connectivity index (χ0) is 11.4. The summed E-state index contributed by atoms with van der Waals surface area (Å²) >= 11 is 0. The van der Waals surface area contributed by atoms with E-state index < -0.39 is 11.9 Å². The molecule has 1 atom stereocenters. The molecular formula is C10H17NO4. The molecule has 1 saturated heterocycles. The molecule has 1 aliphatic heterocycles. The number of amides is 1. The number of hydrogen-bond donors (Lipinski definition) is 1. The van der Waals surface area contributed by atoms with E-state index in [1.54, 1.807) is 4.90 Å². The van der Waals surface area contributed by atoms with E-state index in [9.17, 15) is 9.59 Å². The van der Waals surface area contributed by atoms with Gasteiger partial charge in [-0.1, -0.05) is 0 Å². The second-order valence-electron chi connectivity index (χ2n) is 4.02. The fourth-order valence-corrected chi connectivity index (χ4v) is 1.52. The van der Waals surface area contributed by atoms with Gasteiger partial charge in [0.15, 0.2) is 0 Å². The maximum Gasteiger partial charge on any atom is 0.308 e. The molecule has 0 aliphatic carbocycles. The molecule has 1 rings (SSSR count). The smallest absolute Gasteiger partial charge is 0.308 e. The minimum Gasteiger partial charge on any atom is -0.481 e. The van der Waals surface area contributed by atoms with Crippen LogP contribution < -0.4 is 0 Å². The van der Waals surface area contributed by atoms with Gasteiger partial charge in [0, 0.05) is 13.1 Å². The molecule has 0 aromatic carbocycles. The second-order valence-corrected chi connectivity index (χ2v) is 4.02. The summed E-state index contributed by atoms with van der Waals surface area (Å²) in [7, 11) is 0. The molecule has 1 N–H and O–H groups in total. The maximum absolute atomic E-state index is 11.5. The van der Waals surface area contributed by atoms with Gasteiger partial charge in [0.05, 0.1) is 12.0 Å². The number of carboxylic acids is 1. The quantitative estimate of drug-likeness (QED) is 0.734. The third-order valence-corrected chi connectivity index (χ3v) is 2.43. The Bertz CT molecular complexity index is 252. The summed E-state index contributed by atoms with van der Waals surface area (Å²) < 4.78 is 5.17. The molecule has 5 heteroatoms. The van der Waals surface area contributed by atoms with Crippen molar-refractivity contribution in [3.05, 3.63) is 0 Å². The number of ether oxygens (including phenoxy) is 1. The van der Waals surface area contributed by atoms with Crippen LogP contribution in [0.4, 0.5) is 0 Å². The summed E-state index contributed by atoms with van der Waals surface area (Å²) in [6.45, 7) is 4.60. The molecule has 0 aromatic rings. The van der Waals surface area contributed by atoms with Crippen LogP contribution in [-0.4, -0.2) is 47.7 Å². The lowest BCUT2D eigenvalue weighted by Gasteiger charge is -2.16. The Morgan fingerprint density at radius 1 is 1.53 bits per heavy atom. The van der Waals surface area contributed by atoms with Crippen molar-refractivity contribution >= 4 is 11.9 Å². The Balaban J connectivity index is 2.33. The Labute approximate surface area is 89.0 Å². The van der Waals surface area contributed by atoms with E-state index in [0.717, 1.165) is 0 Å². The molecule has 0 bridgehead atoms. The van der Waals surface area contributed by atoms with E-state index in [1.807, 2.05) is 13.8 Å². The van der Waals surface area contributed by atoms with Gasteiger partial charge in [0.2, 0.25) is 5.91 Å². The molecule has 1 heterocycles. The van der Waals surface area contributed by atoms with E-state index in [1.165, 1.54) is 0 Å². The average molecular weight is 215 g/mol. The van der Waals surface area contributed by atoms with Gasteiger partial charge in [-0.3, -0.25) is 9.59 Å². The van der Waals surface area contributed by atoms with Crippen molar-refractivity contribution in [3.8, 4) is 0 Å². The molecular weight excluding hydrogens is 198 g/mol. The number of nitrogens with zero attached hydrogens (tertiary/aromatic N) is 1. The number of carboxylic acid groups (broad SMARTS) is 1. The van der Waals surface area contributed by atoms with Crippen molar-refractivity contribution in [2.75, 3.05) is 19.7 Å². The number of aliphatic carboxylic acids is 1. The first-order valence-corrected chi connectivity index (χ1v) is 5.13. The van der Waals surface area contributed by atoms with Crippen LogP contribution in [0.15, 0.2) is 0 Å². The van der Waals surface area contributed by atoms with E-state index in [4.69, 9.17) is 9.84 Å². The van der Waals surface area contributed by atoms with E-state index >= 15 is 0 Å². The highest BCUT2D eigenvalue weighted by atomic mass is 16.5. The minimum atomic E-state index is -0.824. The van der Waals surface area contributed by atoms with E-state index in [2.05, 4.69) is 0 Å². The molecule has 1 unspecified atom stereocenters. The highest BCUT2D eigenvalue weighted by Crippen LogP contribution is 2.16. The molecule has 5 nitrogen and oxygen atoms in total. The Kier molecular flexibility index (Phi) is 4.08. The van der Waals surface area contributed by atoms with Gasteiger partial charge in [-0.15, -0.1) is 0 Å². The third kappa shape index (κ3) is 3.51. The summed E-state index contributed by atoms with van der Waals surface area (Å²) in [6.07, 6.45) is 0.565. The highest BCUT2D eigenvalue weighted by molar-refractivity contribution is 5.79. The zero-order valence-corrected chi connectivity index (χ0v) is 9.10. The lowest BCUT2D eigenvalue weighted by molar-refractivity contribution is -0.142. The first-order chi connectivity index (χ1) is 7.00. The molecule has 0 radical (unpaired) electrons. The topological polar surface area (TPSA) is 66.8 Å².